The molecule has 1 N–H and O–H groups in total. The molecule has 0 saturated heterocycles. The van der Waals surface area contributed by atoms with E-state index in [1.807, 2.05) is 0 Å². The van der Waals surface area contributed by atoms with Gasteiger partial charge in [0.05, 0.1) is 10.2 Å². The fraction of sp³-hybridized carbons (Fsp3) is 0.0769. The summed E-state index contributed by atoms with van der Waals surface area (Å²) in [5.74, 6) is -3.68. The lowest BCUT2D eigenvalue weighted by Crippen LogP contribution is -2.03. The van der Waals surface area contributed by atoms with Crippen molar-refractivity contribution in [1.29, 1.82) is 0 Å². The first-order valence-electron chi connectivity index (χ1n) is 5.29. The van der Waals surface area contributed by atoms with Gasteiger partial charge in [-0.05, 0) is 33.6 Å². The molecule has 0 aliphatic rings. The second-order valence-corrected chi connectivity index (χ2v) is 4.70. The molecule has 0 heterocycles. The minimum absolute atomic E-state index is 0.153. The molecule has 6 heteroatoms. The zero-order valence-electron chi connectivity index (χ0n) is 9.48. The topological polar surface area (TPSA) is 12.0 Å². The van der Waals surface area contributed by atoms with Gasteiger partial charge in [0.2, 0.25) is 0 Å². The van der Waals surface area contributed by atoms with Gasteiger partial charge in [-0.3, -0.25) is 0 Å². The Morgan fingerprint density at radius 3 is 2.21 bits per heavy atom. The Hall–Kier alpha value is -1.56. The fourth-order valence-corrected chi connectivity index (χ4v) is 1.93. The van der Waals surface area contributed by atoms with E-state index in [0.29, 0.717) is 11.6 Å². The van der Waals surface area contributed by atoms with Gasteiger partial charge in [0.25, 0.3) is 0 Å². The molecule has 0 unspecified atom stereocenters. The molecule has 2 aromatic carbocycles. The van der Waals surface area contributed by atoms with Crippen LogP contribution in [0.5, 0.6) is 0 Å². The maximum atomic E-state index is 13.3. The molecule has 0 fully saturated rings. The predicted octanol–water partition coefficient (Wildman–Crippen LogP) is 4.62. The van der Waals surface area contributed by atoms with Crippen molar-refractivity contribution >= 4 is 21.6 Å². The molecule has 19 heavy (non-hydrogen) atoms. The van der Waals surface area contributed by atoms with Crippen molar-refractivity contribution in [2.45, 2.75) is 6.54 Å². The molecule has 100 valence electrons. The number of nitrogens with one attached hydrogen (secondary N) is 1. The molecule has 0 atom stereocenters. The quantitative estimate of drug-likeness (QED) is 0.638. The Bertz CT molecular complexity index is 616. The van der Waals surface area contributed by atoms with Crippen LogP contribution in [-0.2, 0) is 6.54 Å². The van der Waals surface area contributed by atoms with Gasteiger partial charge < -0.3 is 5.32 Å². The van der Waals surface area contributed by atoms with E-state index in [0.717, 1.165) is 6.07 Å². The van der Waals surface area contributed by atoms with Gasteiger partial charge in [0.15, 0.2) is 11.6 Å². The highest BCUT2D eigenvalue weighted by Crippen LogP contribution is 2.21. The van der Waals surface area contributed by atoms with E-state index in [4.69, 9.17) is 0 Å². The number of anilines is 1. The molecule has 2 rings (SSSR count). The Labute approximate surface area is 115 Å². The van der Waals surface area contributed by atoms with E-state index >= 15 is 0 Å². The van der Waals surface area contributed by atoms with E-state index < -0.39 is 23.3 Å². The molecule has 0 bridgehead atoms. The molecule has 2 aromatic rings. The largest absolute Gasteiger partial charge is 0.379 e. The summed E-state index contributed by atoms with van der Waals surface area (Å²) >= 11 is 3.02. The summed E-state index contributed by atoms with van der Waals surface area (Å²) in [7, 11) is 0. The maximum absolute atomic E-state index is 13.3. The summed E-state index contributed by atoms with van der Waals surface area (Å²) in [6, 6.07) is 5.48. The highest BCUT2D eigenvalue weighted by molar-refractivity contribution is 9.10. The molecule has 0 spiro atoms. The van der Waals surface area contributed by atoms with E-state index in [1.54, 1.807) is 0 Å². The summed E-state index contributed by atoms with van der Waals surface area (Å²) < 4.78 is 52.3. The monoisotopic (exact) mass is 333 g/mol. The third-order valence-electron chi connectivity index (χ3n) is 2.48. The number of hydrogen-bond acceptors (Lipinski definition) is 1. The Balaban J connectivity index is 2.14. The van der Waals surface area contributed by atoms with Gasteiger partial charge in [0, 0.05) is 18.7 Å². The normalized spacial score (nSPS) is 10.6. The van der Waals surface area contributed by atoms with Crippen LogP contribution in [0.1, 0.15) is 5.56 Å². The lowest BCUT2D eigenvalue weighted by Gasteiger charge is -2.09. The third-order valence-corrected chi connectivity index (χ3v) is 3.08. The van der Waals surface area contributed by atoms with Crippen molar-refractivity contribution in [1.82, 2.24) is 0 Å². The summed E-state index contributed by atoms with van der Waals surface area (Å²) in [6.07, 6.45) is 0. The van der Waals surface area contributed by atoms with Gasteiger partial charge >= 0.3 is 0 Å². The summed E-state index contributed by atoms with van der Waals surface area (Å²) in [4.78, 5) is 0. The zero-order chi connectivity index (χ0) is 14.0. The van der Waals surface area contributed by atoms with Crippen molar-refractivity contribution in [3.63, 3.8) is 0 Å². The van der Waals surface area contributed by atoms with Crippen molar-refractivity contribution < 1.29 is 17.6 Å². The molecular weight excluding hydrogens is 326 g/mol. The number of hydrogen-bond donors (Lipinski definition) is 1. The minimum Gasteiger partial charge on any atom is -0.379 e. The third kappa shape index (κ3) is 3.26. The molecule has 1 nitrogen and oxygen atoms in total. The lowest BCUT2D eigenvalue weighted by molar-refractivity contribution is 0.496. The van der Waals surface area contributed by atoms with E-state index in [2.05, 4.69) is 21.2 Å². The standard InChI is InChI=1S/C13H8BrF4N/c14-8-3-7(1-2-9(8)15)6-19-13-5-11(17)10(16)4-12(13)18/h1-5,19H,6H2. The molecule has 0 aliphatic carbocycles. The SMILES string of the molecule is Fc1cc(F)c(NCc2ccc(F)c(Br)c2)cc1F. The van der Waals surface area contributed by atoms with Crippen LogP contribution in [-0.4, -0.2) is 0 Å². The van der Waals surface area contributed by atoms with Crippen LogP contribution in [0.25, 0.3) is 0 Å². The summed E-state index contributed by atoms with van der Waals surface area (Å²) in [5.41, 5.74) is 0.511. The lowest BCUT2D eigenvalue weighted by atomic mass is 10.2. The molecule has 0 aliphatic heterocycles. The second-order valence-electron chi connectivity index (χ2n) is 3.85. The smallest absolute Gasteiger partial charge is 0.161 e. The average Bonchev–Trinajstić information content (AvgIpc) is 2.36. The first kappa shape index (κ1) is 13.9. The molecule has 0 radical (unpaired) electrons. The first-order chi connectivity index (χ1) is 8.97. The zero-order valence-corrected chi connectivity index (χ0v) is 11.1. The van der Waals surface area contributed by atoms with Gasteiger partial charge in [-0.1, -0.05) is 6.07 Å². The molecule has 0 saturated carbocycles. The van der Waals surface area contributed by atoms with Crippen LogP contribution >= 0.6 is 15.9 Å². The maximum Gasteiger partial charge on any atom is 0.161 e. The number of rotatable bonds is 3. The van der Waals surface area contributed by atoms with Crippen LogP contribution < -0.4 is 5.32 Å². The van der Waals surface area contributed by atoms with Crippen LogP contribution in [0.4, 0.5) is 23.2 Å². The molecule has 0 amide bonds. The van der Waals surface area contributed by atoms with Gasteiger partial charge in [-0.2, -0.15) is 0 Å². The van der Waals surface area contributed by atoms with Crippen LogP contribution in [0, 0.1) is 23.3 Å². The van der Waals surface area contributed by atoms with Crippen molar-refractivity contribution in [3.8, 4) is 0 Å². The Kier molecular flexibility index (Phi) is 4.09. The van der Waals surface area contributed by atoms with Gasteiger partial charge in [-0.25, -0.2) is 17.6 Å². The second kappa shape index (κ2) is 5.61. The van der Waals surface area contributed by atoms with Crippen LogP contribution in [0.3, 0.4) is 0 Å². The molecular formula is C13H8BrF4N. The minimum atomic E-state index is -1.24. The Morgan fingerprint density at radius 2 is 1.53 bits per heavy atom. The van der Waals surface area contributed by atoms with Gasteiger partial charge in [0.1, 0.15) is 11.6 Å². The van der Waals surface area contributed by atoms with E-state index in [1.165, 1.54) is 18.2 Å². The van der Waals surface area contributed by atoms with E-state index in [-0.39, 0.29) is 16.7 Å². The van der Waals surface area contributed by atoms with Crippen molar-refractivity contribution in [3.05, 3.63) is 63.6 Å². The summed E-state index contributed by atoms with van der Waals surface area (Å²) in [5, 5.41) is 2.62. The van der Waals surface area contributed by atoms with E-state index in [9.17, 15) is 17.6 Å². The van der Waals surface area contributed by atoms with Crippen molar-refractivity contribution in [2.75, 3.05) is 5.32 Å². The average molecular weight is 334 g/mol. The van der Waals surface area contributed by atoms with Crippen molar-refractivity contribution in [2.24, 2.45) is 0 Å². The Morgan fingerprint density at radius 1 is 0.842 bits per heavy atom. The highest BCUT2D eigenvalue weighted by Gasteiger charge is 2.09. The fourth-order valence-electron chi connectivity index (χ4n) is 1.50. The first-order valence-corrected chi connectivity index (χ1v) is 6.09. The predicted molar refractivity (Wildman–Crippen MR) is 67.7 cm³/mol. The highest BCUT2D eigenvalue weighted by atomic mass is 79.9. The van der Waals surface area contributed by atoms with Crippen LogP contribution in [0.15, 0.2) is 34.8 Å². The number of benzene rings is 2. The van der Waals surface area contributed by atoms with Crippen LogP contribution in [0.2, 0.25) is 0 Å². The number of halogens is 5. The van der Waals surface area contributed by atoms with Gasteiger partial charge in [-0.15, -0.1) is 0 Å². The summed E-state index contributed by atoms with van der Waals surface area (Å²) in [6.45, 7) is 0.154. The molecule has 0 aromatic heterocycles.